The van der Waals surface area contributed by atoms with E-state index in [-0.39, 0.29) is 0 Å². The van der Waals surface area contributed by atoms with Gasteiger partial charge in [-0.3, -0.25) is 0 Å². The molecule has 0 aromatic carbocycles. The van der Waals surface area contributed by atoms with Crippen molar-refractivity contribution in [2.24, 2.45) is 5.92 Å². The van der Waals surface area contributed by atoms with E-state index in [1.54, 1.807) is 0 Å². The molecule has 0 aromatic heterocycles. The highest BCUT2D eigenvalue weighted by Crippen LogP contribution is 2.23. The van der Waals surface area contributed by atoms with Gasteiger partial charge in [0.25, 0.3) is 0 Å². The Hall–Kier alpha value is -0.120. The largest absolute Gasteiger partial charge is 0.396 e. The van der Waals surface area contributed by atoms with Crippen LogP contribution in [0.3, 0.4) is 0 Å². The molecule has 90 valence electrons. The molecule has 0 heterocycles. The molecule has 0 aliphatic heterocycles. The Labute approximate surface area is 93.2 Å². The molecule has 2 N–H and O–H groups in total. The molecule has 3 heteroatoms. The van der Waals surface area contributed by atoms with Gasteiger partial charge in [0.2, 0.25) is 0 Å². The number of hydrogen-bond acceptors (Lipinski definition) is 3. The lowest BCUT2D eigenvalue weighted by atomic mass is 9.85. The van der Waals surface area contributed by atoms with E-state index in [2.05, 4.69) is 12.2 Å². The first kappa shape index (κ1) is 12.9. The molecule has 2 unspecified atom stereocenters. The van der Waals surface area contributed by atoms with Crippen molar-refractivity contribution in [3.63, 3.8) is 0 Å². The summed E-state index contributed by atoms with van der Waals surface area (Å²) in [5, 5.41) is 12.7. The van der Waals surface area contributed by atoms with Crippen molar-refractivity contribution in [1.82, 2.24) is 5.32 Å². The summed E-state index contributed by atoms with van der Waals surface area (Å²) in [7, 11) is 0. The standard InChI is InChI=1S/C12H25NO2/c1-2-8-15-9-7-13-12-6-4-3-5-11(12)10-14/h11-14H,2-10H2,1H3. The SMILES string of the molecule is CCCOCCNC1CCCCC1CO. The van der Waals surface area contributed by atoms with Crippen molar-refractivity contribution in [2.75, 3.05) is 26.4 Å². The van der Waals surface area contributed by atoms with E-state index >= 15 is 0 Å². The van der Waals surface area contributed by atoms with Gasteiger partial charge in [-0.25, -0.2) is 0 Å². The van der Waals surface area contributed by atoms with Gasteiger partial charge in [-0.1, -0.05) is 19.8 Å². The van der Waals surface area contributed by atoms with Crippen molar-refractivity contribution in [2.45, 2.75) is 45.1 Å². The molecule has 0 spiro atoms. The van der Waals surface area contributed by atoms with Gasteiger partial charge < -0.3 is 15.2 Å². The Balaban J connectivity index is 2.07. The summed E-state index contributed by atoms with van der Waals surface area (Å²) in [4.78, 5) is 0. The number of nitrogens with one attached hydrogen (secondary N) is 1. The maximum atomic E-state index is 9.23. The first-order valence-corrected chi connectivity index (χ1v) is 6.30. The number of rotatable bonds is 7. The molecule has 0 radical (unpaired) electrons. The second kappa shape index (κ2) is 8.08. The Morgan fingerprint density at radius 2 is 2.07 bits per heavy atom. The van der Waals surface area contributed by atoms with Gasteiger partial charge >= 0.3 is 0 Å². The van der Waals surface area contributed by atoms with Crippen molar-refractivity contribution in [3.8, 4) is 0 Å². The predicted octanol–water partition coefficient (Wildman–Crippen LogP) is 1.55. The second-order valence-electron chi connectivity index (χ2n) is 4.40. The van der Waals surface area contributed by atoms with Crippen LogP contribution in [0, 0.1) is 5.92 Å². The van der Waals surface area contributed by atoms with Crippen LogP contribution in [0.5, 0.6) is 0 Å². The Kier molecular flexibility index (Phi) is 6.98. The molecule has 1 saturated carbocycles. The van der Waals surface area contributed by atoms with Crippen LogP contribution < -0.4 is 5.32 Å². The average Bonchev–Trinajstić information content (AvgIpc) is 2.29. The molecule has 0 bridgehead atoms. The summed E-state index contributed by atoms with van der Waals surface area (Å²) in [5.41, 5.74) is 0. The third-order valence-corrected chi connectivity index (χ3v) is 3.14. The molecule has 0 saturated heterocycles. The van der Waals surface area contributed by atoms with Gasteiger partial charge in [-0.05, 0) is 25.2 Å². The monoisotopic (exact) mass is 215 g/mol. The Morgan fingerprint density at radius 3 is 2.80 bits per heavy atom. The molecule has 1 aliphatic carbocycles. The minimum Gasteiger partial charge on any atom is -0.396 e. The van der Waals surface area contributed by atoms with Crippen LogP contribution in [-0.2, 0) is 4.74 Å². The van der Waals surface area contributed by atoms with Crippen molar-refractivity contribution in [3.05, 3.63) is 0 Å². The van der Waals surface area contributed by atoms with Crippen molar-refractivity contribution < 1.29 is 9.84 Å². The van der Waals surface area contributed by atoms with Crippen LogP contribution in [0.4, 0.5) is 0 Å². The predicted molar refractivity (Wildman–Crippen MR) is 61.9 cm³/mol. The smallest absolute Gasteiger partial charge is 0.0590 e. The third-order valence-electron chi connectivity index (χ3n) is 3.14. The summed E-state index contributed by atoms with van der Waals surface area (Å²) in [6.45, 7) is 5.02. The normalized spacial score (nSPS) is 26.8. The van der Waals surface area contributed by atoms with E-state index in [1.807, 2.05) is 0 Å². The molecule has 1 rings (SSSR count). The van der Waals surface area contributed by atoms with E-state index in [9.17, 15) is 5.11 Å². The van der Waals surface area contributed by atoms with Crippen LogP contribution in [0.1, 0.15) is 39.0 Å². The second-order valence-corrected chi connectivity index (χ2v) is 4.40. The number of aliphatic hydroxyl groups is 1. The minimum atomic E-state index is 0.327. The highest BCUT2D eigenvalue weighted by molar-refractivity contribution is 4.80. The molecular formula is C12H25NO2. The van der Waals surface area contributed by atoms with Gasteiger partial charge in [0.05, 0.1) is 6.61 Å². The zero-order valence-electron chi connectivity index (χ0n) is 9.87. The third kappa shape index (κ3) is 4.96. The van der Waals surface area contributed by atoms with Gasteiger partial charge in [-0.2, -0.15) is 0 Å². The van der Waals surface area contributed by atoms with Crippen LogP contribution in [0.2, 0.25) is 0 Å². The van der Waals surface area contributed by atoms with Crippen LogP contribution in [-0.4, -0.2) is 37.5 Å². The van der Waals surface area contributed by atoms with E-state index in [0.29, 0.717) is 18.6 Å². The molecule has 0 aromatic rings. The highest BCUT2D eigenvalue weighted by atomic mass is 16.5. The zero-order chi connectivity index (χ0) is 10.9. The average molecular weight is 215 g/mol. The molecule has 15 heavy (non-hydrogen) atoms. The molecule has 1 aliphatic rings. The van der Waals surface area contributed by atoms with E-state index in [0.717, 1.165) is 26.2 Å². The summed E-state index contributed by atoms with van der Waals surface area (Å²) >= 11 is 0. The lowest BCUT2D eigenvalue weighted by Gasteiger charge is -2.31. The quantitative estimate of drug-likeness (QED) is 0.633. The lowest BCUT2D eigenvalue weighted by molar-refractivity contribution is 0.117. The highest BCUT2D eigenvalue weighted by Gasteiger charge is 2.23. The fourth-order valence-corrected chi connectivity index (χ4v) is 2.26. The van der Waals surface area contributed by atoms with Crippen molar-refractivity contribution >= 4 is 0 Å². The van der Waals surface area contributed by atoms with Crippen LogP contribution in [0.25, 0.3) is 0 Å². The molecule has 3 nitrogen and oxygen atoms in total. The van der Waals surface area contributed by atoms with E-state index in [4.69, 9.17) is 4.74 Å². The molecule has 2 atom stereocenters. The van der Waals surface area contributed by atoms with Crippen LogP contribution in [0.15, 0.2) is 0 Å². The molecule has 1 fully saturated rings. The van der Waals surface area contributed by atoms with Gasteiger partial charge in [0, 0.05) is 25.8 Å². The van der Waals surface area contributed by atoms with Crippen LogP contribution >= 0.6 is 0 Å². The fraction of sp³-hybridized carbons (Fsp3) is 1.00. The summed E-state index contributed by atoms with van der Waals surface area (Å²) in [6.07, 6.45) is 6.03. The summed E-state index contributed by atoms with van der Waals surface area (Å²) in [6, 6.07) is 0.508. The minimum absolute atomic E-state index is 0.327. The first-order chi connectivity index (χ1) is 7.38. The zero-order valence-corrected chi connectivity index (χ0v) is 9.87. The first-order valence-electron chi connectivity index (χ1n) is 6.30. The number of aliphatic hydroxyl groups excluding tert-OH is 1. The van der Waals surface area contributed by atoms with Gasteiger partial charge in [0.15, 0.2) is 0 Å². The fourth-order valence-electron chi connectivity index (χ4n) is 2.26. The number of hydrogen-bond donors (Lipinski definition) is 2. The lowest BCUT2D eigenvalue weighted by Crippen LogP contribution is -2.41. The maximum Gasteiger partial charge on any atom is 0.0590 e. The molecular weight excluding hydrogens is 190 g/mol. The summed E-state index contributed by atoms with van der Waals surface area (Å²) < 4.78 is 5.42. The molecule has 0 amide bonds. The topological polar surface area (TPSA) is 41.5 Å². The van der Waals surface area contributed by atoms with E-state index in [1.165, 1.54) is 25.7 Å². The number of ether oxygens (including phenoxy) is 1. The Morgan fingerprint density at radius 1 is 1.27 bits per heavy atom. The van der Waals surface area contributed by atoms with Gasteiger partial charge in [0.1, 0.15) is 0 Å². The maximum absolute atomic E-state index is 9.23. The summed E-state index contributed by atoms with van der Waals surface area (Å²) in [5.74, 6) is 0.463. The van der Waals surface area contributed by atoms with Crippen molar-refractivity contribution in [1.29, 1.82) is 0 Å². The van der Waals surface area contributed by atoms with E-state index < -0.39 is 0 Å². The van der Waals surface area contributed by atoms with Gasteiger partial charge in [-0.15, -0.1) is 0 Å². The Bertz CT molecular complexity index is 153.